The number of aliphatic carboxylic acids is 2. The number of carboxylic acid groups (broad SMARTS) is 2. The van der Waals surface area contributed by atoms with Crippen molar-refractivity contribution in [1.82, 2.24) is 0 Å². The van der Waals surface area contributed by atoms with E-state index in [-0.39, 0.29) is 32.1 Å². The van der Waals surface area contributed by atoms with E-state index in [1.54, 1.807) is 0 Å². The van der Waals surface area contributed by atoms with Gasteiger partial charge in [-0.3, -0.25) is 19.2 Å². The Morgan fingerprint density at radius 3 is 1.60 bits per heavy atom. The predicted molar refractivity (Wildman–Crippen MR) is 177 cm³/mol. The van der Waals surface area contributed by atoms with Crippen LogP contribution in [-0.2, 0) is 57.1 Å². The van der Waals surface area contributed by atoms with Crippen molar-refractivity contribution in [1.29, 1.82) is 0 Å². The second-order valence-corrected chi connectivity index (χ2v) is 15.1. The van der Waals surface area contributed by atoms with Crippen molar-refractivity contribution in [2.75, 3.05) is 20.3 Å². The zero-order valence-corrected chi connectivity index (χ0v) is 30.7. The van der Waals surface area contributed by atoms with Crippen molar-refractivity contribution in [2.24, 2.45) is 11.8 Å². The average Bonchev–Trinajstić information content (AvgIpc) is 3.14. The summed E-state index contributed by atoms with van der Waals surface area (Å²) >= 11 is 0. The maximum absolute atomic E-state index is 11.8. The summed E-state index contributed by atoms with van der Waals surface area (Å²) in [5, 5.41) is 114. The smallest absolute Gasteiger partial charge is 0.317 e. The summed E-state index contributed by atoms with van der Waals surface area (Å²) in [5.41, 5.74) is 0. The lowest BCUT2D eigenvalue weighted by molar-refractivity contribution is -0.339. The predicted octanol–water partition coefficient (Wildman–Crippen LogP) is -5.52. The molecule has 5 aliphatic rings. The number of ether oxygens (including phenoxy) is 8. The van der Waals surface area contributed by atoms with Gasteiger partial charge in [-0.15, -0.1) is 0 Å². The van der Waals surface area contributed by atoms with Crippen LogP contribution < -0.4 is 0 Å². The monoisotopic (exact) mass is 828 g/mol. The summed E-state index contributed by atoms with van der Waals surface area (Å²) in [4.78, 5) is 45.3. The van der Waals surface area contributed by atoms with Gasteiger partial charge in [-0.2, -0.15) is 0 Å². The number of esters is 2. The lowest BCUT2D eigenvalue weighted by Crippen LogP contribution is -2.63. The molecule has 0 aromatic carbocycles. The topological polar surface area (TPSA) is 365 Å². The van der Waals surface area contributed by atoms with Crippen LogP contribution in [-0.4, -0.2) is 211 Å². The molecule has 0 aromatic heterocycles. The maximum atomic E-state index is 11.8. The summed E-state index contributed by atoms with van der Waals surface area (Å²) in [7, 11) is 1.35. The highest BCUT2D eigenvalue weighted by atomic mass is 16.7. The normalized spacial score (nSPS) is 45.0. The minimum Gasteiger partial charge on any atom is -0.481 e. The largest absolute Gasteiger partial charge is 0.481 e. The molecule has 0 radical (unpaired) electrons. The Kier molecular flexibility index (Phi) is 15.6. The molecule has 2 aliphatic carbocycles. The molecule has 20 unspecified atom stereocenters. The molecule has 11 N–H and O–H groups in total. The molecular formula is C34H52O23. The standard InChI is InChI=1S/C34H52O23/c1-50-17-3-11(2-15(36)25(17)43)32-18(55-34-31(49)29(47)27(45)20(57-34)10-52-24(42)8-22(39)40)6-13-14(35)4-12(5-16(13)54-32)53-33-30(48)28(46)26(44)19(56-33)9-51-23(41)7-21(37)38/h11-20,25-36,43-49H,2-10H2,1H3,(H,37,38)(H,39,40). The van der Waals surface area contributed by atoms with Gasteiger partial charge in [0.05, 0.1) is 42.7 Å². The highest BCUT2D eigenvalue weighted by Crippen LogP contribution is 2.44. The lowest BCUT2D eigenvalue weighted by atomic mass is 9.72. The second-order valence-electron chi connectivity index (χ2n) is 15.1. The van der Waals surface area contributed by atoms with Crippen molar-refractivity contribution < 1.29 is 113 Å². The van der Waals surface area contributed by atoms with Gasteiger partial charge >= 0.3 is 23.9 Å². The molecule has 3 aliphatic heterocycles. The number of methoxy groups -OCH3 is 1. The molecule has 326 valence electrons. The Balaban J connectivity index is 1.31. The summed E-state index contributed by atoms with van der Waals surface area (Å²) in [6.45, 7) is -1.39. The number of hydrogen-bond donors (Lipinski definition) is 11. The highest BCUT2D eigenvalue weighted by Gasteiger charge is 2.54. The zero-order chi connectivity index (χ0) is 41.9. The van der Waals surface area contributed by atoms with E-state index >= 15 is 0 Å². The second kappa shape index (κ2) is 19.6. The molecule has 23 nitrogen and oxygen atoms in total. The third kappa shape index (κ3) is 10.9. The van der Waals surface area contributed by atoms with Gasteiger partial charge in [-0.05, 0) is 25.2 Å². The number of aliphatic hydroxyl groups is 9. The molecule has 0 aromatic rings. The van der Waals surface area contributed by atoms with Crippen LogP contribution in [0.15, 0.2) is 0 Å². The molecule has 0 bridgehead atoms. The number of rotatable bonds is 14. The molecule has 2 saturated carbocycles. The van der Waals surface area contributed by atoms with Crippen molar-refractivity contribution in [3.05, 3.63) is 0 Å². The number of hydrogen-bond acceptors (Lipinski definition) is 21. The molecule has 5 rings (SSSR count). The van der Waals surface area contributed by atoms with Crippen LogP contribution in [0.25, 0.3) is 0 Å². The Labute approximate surface area is 324 Å². The minimum absolute atomic E-state index is 0.0102. The van der Waals surface area contributed by atoms with Gasteiger partial charge in [0, 0.05) is 25.9 Å². The fourth-order valence-electron chi connectivity index (χ4n) is 8.17. The Hall–Kier alpha value is -2.72. The number of fused-ring (bicyclic) bond motifs is 1. The van der Waals surface area contributed by atoms with E-state index in [4.69, 9.17) is 48.1 Å². The van der Waals surface area contributed by atoms with Crippen molar-refractivity contribution in [3.8, 4) is 0 Å². The first kappa shape index (κ1) is 45.4. The number of carboxylic acids is 2. The van der Waals surface area contributed by atoms with Crippen molar-refractivity contribution in [2.45, 2.75) is 155 Å². The first-order valence-electron chi connectivity index (χ1n) is 18.6. The molecular weight excluding hydrogens is 776 g/mol. The van der Waals surface area contributed by atoms with Gasteiger partial charge in [0.15, 0.2) is 12.6 Å². The molecule has 5 fully saturated rings. The molecule has 3 heterocycles. The fourth-order valence-corrected chi connectivity index (χ4v) is 8.17. The number of carbonyl (C=O) groups is 4. The fraction of sp³-hybridized carbons (Fsp3) is 0.882. The van der Waals surface area contributed by atoms with Crippen LogP contribution in [0.3, 0.4) is 0 Å². The van der Waals surface area contributed by atoms with Crippen LogP contribution in [0, 0.1) is 11.8 Å². The molecule has 20 atom stereocenters. The maximum Gasteiger partial charge on any atom is 0.317 e. The van der Waals surface area contributed by atoms with Crippen LogP contribution in [0.5, 0.6) is 0 Å². The van der Waals surface area contributed by atoms with Crippen LogP contribution in [0.1, 0.15) is 44.9 Å². The summed E-state index contributed by atoms with van der Waals surface area (Å²) in [6, 6.07) is 0. The zero-order valence-electron chi connectivity index (χ0n) is 30.7. The van der Waals surface area contributed by atoms with Crippen molar-refractivity contribution in [3.63, 3.8) is 0 Å². The Morgan fingerprint density at radius 2 is 1.09 bits per heavy atom. The summed E-state index contributed by atoms with van der Waals surface area (Å²) < 4.78 is 45.2. The van der Waals surface area contributed by atoms with Gasteiger partial charge in [0.1, 0.15) is 81.0 Å². The number of carbonyl (C=O) groups excluding carboxylic acids is 2. The van der Waals surface area contributed by atoms with E-state index in [0.29, 0.717) is 0 Å². The van der Waals surface area contributed by atoms with Gasteiger partial charge in [-0.25, -0.2) is 0 Å². The van der Waals surface area contributed by atoms with E-state index in [2.05, 4.69) is 0 Å². The third-order valence-corrected chi connectivity index (χ3v) is 11.2. The minimum atomic E-state index is -1.88. The van der Waals surface area contributed by atoms with Crippen LogP contribution >= 0.6 is 0 Å². The van der Waals surface area contributed by atoms with E-state index in [1.165, 1.54) is 7.11 Å². The number of aliphatic hydroxyl groups excluding tert-OH is 9. The molecule has 23 heteroatoms. The van der Waals surface area contributed by atoms with E-state index in [1.807, 2.05) is 0 Å². The Bertz CT molecular complexity index is 1380. The third-order valence-electron chi connectivity index (χ3n) is 11.2. The van der Waals surface area contributed by atoms with Crippen molar-refractivity contribution >= 4 is 23.9 Å². The SMILES string of the molecule is COC1CC(C2OC3CC(OC4OC(COC(=O)CC(=O)O)C(O)C(O)C4O)CC(O)C3CC2OC2OC(COC(=O)CC(=O)O)C(O)C(O)C2O)CC(O)C1O. The molecule has 3 saturated heterocycles. The Morgan fingerprint density at radius 1 is 0.561 bits per heavy atom. The van der Waals surface area contributed by atoms with Crippen LogP contribution in [0.2, 0.25) is 0 Å². The first-order valence-corrected chi connectivity index (χ1v) is 18.6. The van der Waals surface area contributed by atoms with Gasteiger partial charge in [-0.1, -0.05) is 0 Å². The highest BCUT2D eigenvalue weighted by molar-refractivity contribution is 5.90. The molecule has 0 amide bonds. The summed E-state index contributed by atoms with van der Waals surface area (Å²) in [6.07, 6.45) is -27.2. The van der Waals surface area contributed by atoms with Gasteiger partial charge in [0.2, 0.25) is 0 Å². The van der Waals surface area contributed by atoms with E-state index < -0.39 is 172 Å². The van der Waals surface area contributed by atoms with Gasteiger partial charge in [0.25, 0.3) is 0 Å². The lowest BCUT2D eigenvalue weighted by Gasteiger charge is -2.52. The molecule has 57 heavy (non-hydrogen) atoms. The van der Waals surface area contributed by atoms with Crippen LogP contribution in [0.4, 0.5) is 0 Å². The average molecular weight is 829 g/mol. The summed E-state index contributed by atoms with van der Waals surface area (Å²) in [5.74, 6) is -6.49. The quantitative estimate of drug-likeness (QED) is 0.0574. The molecule has 0 spiro atoms. The first-order chi connectivity index (χ1) is 26.9. The van der Waals surface area contributed by atoms with E-state index in [0.717, 1.165) is 0 Å². The van der Waals surface area contributed by atoms with E-state index in [9.17, 15) is 65.1 Å². The van der Waals surface area contributed by atoms with Gasteiger partial charge < -0.3 is 94.1 Å².